The van der Waals surface area contributed by atoms with Crippen LogP contribution in [-0.4, -0.2) is 61.8 Å². The molecule has 0 radical (unpaired) electrons. The highest BCUT2D eigenvalue weighted by atomic mass is 32.2. The third-order valence-electron chi connectivity index (χ3n) is 5.46. The second kappa shape index (κ2) is 11.1. The van der Waals surface area contributed by atoms with E-state index in [0.29, 0.717) is 68.1 Å². The SMILES string of the molecule is CCOCCCn1c(SCc2cc(F)cc(F)c2)nc2cc(S(=O)(=O)N3CCOCC3)ccc21. The second-order valence-corrected chi connectivity index (χ2v) is 10.7. The molecule has 2 heterocycles. The lowest BCUT2D eigenvalue weighted by Crippen LogP contribution is -2.40. The Kier molecular flexibility index (Phi) is 8.20. The molecule has 0 saturated carbocycles. The average molecular weight is 512 g/mol. The fraction of sp³-hybridized carbons (Fsp3) is 0.435. The van der Waals surface area contributed by atoms with Gasteiger partial charge in [0.15, 0.2) is 5.16 Å². The second-order valence-electron chi connectivity index (χ2n) is 7.83. The molecule has 0 N–H and O–H groups in total. The third kappa shape index (κ3) is 5.77. The molecule has 0 unspecified atom stereocenters. The van der Waals surface area contributed by atoms with Crippen molar-refractivity contribution in [3.05, 3.63) is 53.6 Å². The van der Waals surface area contributed by atoms with Crippen LogP contribution in [0.25, 0.3) is 11.0 Å². The number of morpholine rings is 1. The van der Waals surface area contributed by atoms with Crippen molar-refractivity contribution in [2.45, 2.75) is 35.7 Å². The lowest BCUT2D eigenvalue weighted by Gasteiger charge is -2.26. The minimum atomic E-state index is -3.65. The fourth-order valence-electron chi connectivity index (χ4n) is 3.82. The average Bonchev–Trinajstić information content (AvgIpc) is 3.17. The van der Waals surface area contributed by atoms with E-state index in [-0.39, 0.29) is 4.90 Å². The number of aryl methyl sites for hydroxylation is 1. The summed E-state index contributed by atoms with van der Waals surface area (Å²) in [4.78, 5) is 4.87. The number of benzene rings is 2. The van der Waals surface area contributed by atoms with E-state index in [1.54, 1.807) is 18.2 Å². The van der Waals surface area contributed by atoms with Crippen LogP contribution >= 0.6 is 11.8 Å². The summed E-state index contributed by atoms with van der Waals surface area (Å²) in [6.07, 6.45) is 0.745. The molecule has 0 atom stereocenters. The number of ether oxygens (including phenoxy) is 2. The number of thioether (sulfide) groups is 1. The highest BCUT2D eigenvalue weighted by Crippen LogP contribution is 2.30. The Balaban J connectivity index is 1.63. The van der Waals surface area contributed by atoms with Gasteiger partial charge in [-0.05, 0) is 49.2 Å². The number of fused-ring (bicyclic) bond motifs is 1. The largest absolute Gasteiger partial charge is 0.382 e. The van der Waals surface area contributed by atoms with Gasteiger partial charge in [0.2, 0.25) is 10.0 Å². The molecule has 1 aliphatic rings. The maximum absolute atomic E-state index is 13.6. The van der Waals surface area contributed by atoms with Gasteiger partial charge in [0.05, 0.1) is 29.1 Å². The topological polar surface area (TPSA) is 73.7 Å². The quantitative estimate of drug-likeness (QED) is 0.302. The molecule has 34 heavy (non-hydrogen) atoms. The van der Waals surface area contributed by atoms with Gasteiger partial charge in [0.1, 0.15) is 11.6 Å². The molecule has 0 spiro atoms. The van der Waals surface area contributed by atoms with E-state index < -0.39 is 21.7 Å². The first-order chi connectivity index (χ1) is 16.4. The standard InChI is InChI=1S/C23H27F2N3O4S2/c1-2-31-9-3-6-28-22-5-4-20(34(29,30)27-7-10-32-11-8-27)15-21(22)26-23(28)33-16-17-12-18(24)14-19(25)13-17/h4-5,12-15H,2-3,6-11,16H2,1H3. The molecule has 11 heteroatoms. The van der Waals surface area contributed by atoms with Gasteiger partial charge in [-0.15, -0.1) is 0 Å². The predicted octanol–water partition coefficient (Wildman–Crippen LogP) is 4.05. The summed E-state index contributed by atoms with van der Waals surface area (Å²) >= 11 is 1.35. The molecular formula is C23H27F2N3O4S2. The minimum Gasteiger partial charge on any atom is -0.382 e. The molecule has 4 rings (SSSR count). The summed E-state index contributed by atoms with van der Waals surface area (Å²) in [5.74, 6) is -0.930. The Morgan fingerprint density at radius 2 is 1.85 bits per heavy atom. The molecule has 0 bridgehead atoms. The van der Waals surface area contributed by atoms with Crippen molar-refractivity contribution in [2.75, 3.05) is 39.5 Å². The van der Waals surface area contributed by atoms with Crippen LogP contribution in [0.5, 0.6) is 0 Å². The van der Waals surface area contributed by atoms with Crippen LogP contribution in [0, 0.1) is 11.6 Å². The molecule has 1 fully saturated rings. The summed E-state index contributed by atoms with van der Waals surface area (Å²) in [5, 5.41) is 0.650. The van der Waals surface area contributed by atoms with E-state index in [1.807, 2.05) is 11.5 Å². The zero-order chi connectivity index (χ0) is 24.1. The lowest BCUT2D eigenvalue weighted by atomic mass is 10.2. The summed E-state index contributed by atoms with van der Waals surface area (Å²) in [6, 6.07) is 8.39. The van der Waals surface area contributed by atoms with Gasteiger partial charge in [0.25, 0.3) is 0 Å². The van der Waals surface area contributed by atoms with Crippen molar-refractivity contribution in [1.82, 2.24) is 13.9 Å². The van der Waals surface area contributed by atoms with E-state index in [9.17, 15) is 17.2 Å². The van der Waals surface area contributed by atoms with Crippen LogP contribution in [0.15, 0.2) is 46.5 Å². The van der Waals surface area contributed by atoms with Gasteiger partial charge in [0, 0.05) is 44.7 Å². The maximum atomic E-state index is 13.6. The molecule has 2 aromatic carbocycles. The van der Waals surface area contributed by atoms with Crippen LogP contribution < -0.4 is 0 Å². The molecular weight excluding hydrogens is 484 g/mol. The van der Waals surface area contributed by atoms with Gasteiger partial charge in [-0.25, -0.2) is 22.2 Å². The third-order valence-corrected chi connectivity index (χ3v) is 8.40. The van der Waals surface area contributed by atoms with Gasteiger partial charge in [-0.1, -0.05) is 11.8 Å². The monoisotopic (exact) mass is 511 g/mol. The molecule has 3 aromatic rings. The van der Waals surface area contributed by atoms with E-state index in [0.717, 1.165) is 18.0 Å². The first-order valence-corrected chi connectivity index (χ1v) is 13.5. The molecule has 0 amide bonds. The van der Waals surface area contributed by atoms with Gasteiger partial charge in [-0.3, -0.25) is 0 Å². The van der Waals surface area contributed by atoms with Crippen LogP contribution in [0.3, 0.4) is 0 Å². The van der Waals surface area contributed by atoms with E-state index >= 15 is 0 Å². The molecule has 7 nitrogen and oxygen atoms in total. The van der Waals surface area contributed by atoms with E-state index in [4.69, 9.17) is 9.47 Å². The van der Waals surface area contributed by atoms with E-state index in [1.165, 1.54) is 28.2 Å². The van der Waals surface area contributed by atoms with Crippen LogP contribution in [0.1, 0.15) is 18.9 Å². The number of halogens is 2. The number of imidazole rings is 1. The van der Waals surface area contributed by atoms with Crippen molar-refractivity contribution in [3.63, 3.8) is 0 Å². The molecule has 1 aromatic heterocycles. The number of sulfonamides is 1. The molecule has 184 valence electrons. The Hall–Kier alpha value is -2.05. The summed E-state index contributed by atoms with van der Waals surface area (Å²) in [6.45, 7) is 5.14. The van der Waals surface area contributed by atoms with Crippen molar-refractivity contribution in [3.8, 4) is 0 Å². The summed E-state index contributed by atoms with van der Waals surface area (Å²) in [7, 11) is -3.65. The Labute approximate surface area is 202 Å². The van der Waals surface area contributed by atoms with Crippen molar-refractivity contribution >= 4 is 32.8 Å². The first kappa shape index (κ1) is 25.1. The van der Waals surface area contributed by atoms with Crippen LogP contribution in [0.2, 0.25) is 0 Å². The normalized spacial score (nSPS) is 15.3. The van der Waals surface area contributed by atoms with Gasteiger partial charge < -0.3 is 14.0 Å². The van der Waals surface area contributed by atoms with Gasteiger partial charge in [-0.2, -0.15) is 4.31 Å². The number of aromatic nitrogens is 2. The van der Waals surface area contributed by atoms with Crippen molar-refractivity contribution in [2.24, 2.45) is 0 Å². The number of hydrogen-bond acceptors (Lipinski definition) is 6. The summed E-state index contributed by atoms with van der Waals surface area (Å²) in [5.41, 5.74) is 1.86. The predicted molar refractivity (Wildman–Crippen MR) is 126 cm³/mol. The maximum Gasteiger partial charge on any atom is 0.243 e. The zero-order valence-corrected chi connectivity index (χ0v) is 20.5. The Morgan fingerprint density at radius 3 is 2.56 bits per heavy atom. The highest BCUT2D eigenvalue weighted by molar-refractivity contribution is 7.98. The lowest BCUT2D eigenvalue weighted by molar-refractivity contribution is 0.0730. The molecule has 1 aliphatic heterocycles. The van der Waals surface area contributed by atoms with Crippen molar-refractivity contribution in [1.29, 1.82) is 0 Å². The fourth-order valence-corrected chi connectivity index (χ4v) is 6.22. The number of rotatable bonds is 10. The Morgan fingerprint density at radius 1 is 1.12 bits per heavy atom. The Bertz CT molecular complexity index is 1220. The molecule has 0 aliphatic carbocycles. The molecule has 1 saturated heterocycles. The van der Waals surface area contributed by atoms with Gasteiger partial charge >= 0.3 is 0 Å². The summed E-state index contributed by atoms with van der Waals surface area (Å²) < 4.78 is 67.5. The van der Waals surface area contributed by atoms with Crippen molar-refractivity contribution < 1.29 is 26.7 Å². The number of nitrogens with zero attached hydrogens (tertiary/aromatic N) is 3. The zero-order valence-electron chi connectivity index (χ0n) is 18.9. The number of hydrogen-bond donors (Lipinski definition) is 0. The van der Waals surface area contributed by atoms with Crippen LogP contribution in [0.4, 0.5) is 8.78 Å². The minimum absolute atomic E-state index is 0.185. The highest BCUT2D eigenvalue weighted by Gasteiger charge is 2.27. The smallest absolute Gasteiger partial charge is 0.243 e. The first-order valence-electron chi connectivity index (χ1n) is 11.1. The van der Waals surface area contributed by atoms with E-state index in [2.05, 4.69) is 4.98 Å². The van der Waals surface area contributed by atoms with Crippen LogP contribution in [-0.2, 0) is 31.8 Å².